The molecule has 35 heavy (non-hydrogen) atoms. The Morgan fingerprint density at radius 2 is 1.60 bits per heavy atom. The summed E-state index contributed by atoms with van der Waals surface area (Å²) in [5, 5.41) is 0.581. The fourth-order valence-corrected chi connectivity index (χ4v) is 4.95. The van der Waals surface area contributed by atoms with Crippen LogP contribution in [0, 0.1) is 5.92 Å². The molecule has 2 aliphatic rings. The molecule has 2 saturated heterocycles. The number of hydrogen-bond acceptors (Lipinski definition) is 4. The first-order valence-electron chi connectivity index (χ1n) is 12.2. The molecule has 4 rings (SSSR count). The zero-order valence-electron chi connectivity index (χ0n) is 20.2. The molecule has 2 heterocycles. The topological polar surface area (TPSA) is 64.2 Å². The highest BCUT2D eigenvalue weighted by Crippen LogP contribution is 2.21. The van der Waals surface area contributed by atoms with E-state index in [1.165, 1.54) is 10.5 Å². The predicted octanol–water partition coefficient (Wildman–Crippen LogP) is 3.00. The number of piperazine rings is 1. The molecule has 0 radical (unpaired) electrons. The van der Waals surface area contributed by atoms with Crippen molar-refractivity contribution in [2.24, 2.45) is 5.92 Å². The van der Waals surface area contributed by atoms with Crippen molar-refractivity contribution < 1.29 is 14.4 Å². The van der Waals surface area contributed by atoms with Gasteiger partial charge < -0.3 is 14.7 Å². The van der Waals surface area contributed by atoms with Gasteiger partial charge in [0.25, 0.3) is 5.91 Å². The van der Waals surface area contributed by atoms with E-state index in [2.05, 4.69) is 17.0 Å². The minimum atomic E-state index is -0.291. The molecule has 8 heteroatoms. The van der Waals surface area contributed by atoms with Crippen molar-refractivity contribution >= 4 is 29.3 Å². The largest absolute Gasteiger partial charge is 0.339 e. The fourth-order valence-electron chi connectivity index (χ4n) is 4.83. The first kappa shape index (κ1) is 25.2. The summed E-state index contributed by atoms with van der Waals surface area (Å²) in [6.45, 7) is 4.93. The third kappa shape index (κ3) is 6.61. The van der Waals surface area contributed by atoms with Gasteiger partial charge in [-0.15, -0.1) is 0 Å². The summed E-state index contributed by atoms with van der Waals surface area (Å²) in [7, 11) is 1.69. The molecule has 2 fully saturated rings. The number of likely N-dealkylation sites (tertiary alicyclic amines) is 1. The van der Waals surface area contributed by atoms with Crippen LogP contribution in [0.25, 0.3) is 0 Å². The zero-order chi connectivity index (χ0) is 24.8. The van der Waals surface area contributed by atoms with E-state index in [-0.39, 0.29) is 30.2 Å². The lowest BCUT2D eigenvalue weighted by atomic mass is 9.96. The normalized spacial score (nSPS) is 18.9. The Morgan fingerprint density at radius 3 is 2.29 bits per heavy atom. The van der Waals surface area contributed by atoms with Crippen LogP contribution in [0.3, 0.4) is 0 Å². The van der Waals surface area contributed by atoms with Crippen molar-refractivity contribution in [3.05, 3.63) is 70.7 Å². The number of likely N-dealkylation sites (N-methyl/N-ethyl adjacent to an activating group) is 1. The van der Waals surface area contributed by atoms with Crippen LogP contribution in [0.4, 0.5) is 0 Å². The standard InChI is InChI=1S/C27H33ClN4O3/c1-29(20-25(33)31-16-14-30(15-17-31)18-21-6-3-2-4-7-21)26(34)23-8-5-13-32(19-23)27(35)22-9-11-24(28)12-10-22/h2-4,6-7,9-12,23H,5,8,13-20H2,1H3. The third-order valence-corrected chi connectivity index (χ3v) is 7.12. The molecule has 0 aromatic heterocycles. The molecule has 0 spiro atoms. The SMILES string of the molecule is CN(CC(=O)N1CCN(Cc2ccccc2)CC1)C(=O)C1CCCN(C(=O)c2ccc(Cl)cc2)C1. The van der Waals surface area contributed by atoms with Gasteiger partial charge in [0, 0.05) is 63.4 Å². The molecule has 186 valence electrons. The minimum absolute atomic E-state index is 0.0230. The molecule has 7 nitrogen and oxygen atoms in total. The number of piperidine rings is 1. The predicted molar refractivity (Wildman–Crippen MR) is 136 cm³/mol. The van der Waals surface area contributed by atoms with Crippen molar-refractivity contribution in [1.29, 1.82) is 0 Å². The van der Waals surface area contributed by atoms with E-state index in [1.807, 2.05) is 23.1 Å². The van der Waals surface area contributed by atoms with Gasteiger partial charge >= 0.3 is 0 Å². The summed E-state index contributed by atoms with van der Waals surface area (Å²) < 4.78 is 0. The van der Waals surface area contributed by atoms with Crippen LogP contribution in [0.15, 0.2) is 54.6 Å². The molecule has 2 aromatic carbocycles. The summed E-state index contributed by atoms with van der Waals surface area (Å²) >= 11 is 5.93. The van der Waals surface area contributed by atoms with E-state index in [1.54, 1.807) is 36.2 Å². The van der Waals surface area contributed by atoms with Crippen molar-refractivity contribution in [1.82, 2.24) is 19.6 Å². The maximum Gasteiger partial charge on any atom is 0.253 e. The molecule has 0 aliphatic carbocycles. The highest BCUT2D eigenvalue weighted by atomic mass is 35.5. The summed E-state index contributed by atoms with van der Waals surface area (Å²) in [6, 6.07) is 17.1. The number of rotatable bonds is 6. The van der Waals surface area contributed by atoms with Gasteiger partial charge in [0.15, 0.2) is 0 Å². The van der Waals surface area contributed by atoms with Crippen LogP contribution in [0.1, 0.15) is 28.8 Å². The average Bonchev–Trinajstić information content (AvgIpc) is 2.89. The smallest absolute Gasteiger partial charge is 0.253 e. The summed E-state index contributed by atoms with van der Waals surface area (Å²) in [5.41, 5.74) is 1.84. The number of benzene rings is 2. The molecule has 3 amide bonds. The molecule has 1 atom stereocenters. The molecular formula is C27H33ClN4O3. The number of hydrogen-bond donors (Lipinski definition) is 0. The van der Waals surface area contributed by atoms with Gasteiger partial charge in [0.2, 0.25) is 11.8 Å². The summed E-state index contributed by atoms with van der Waals surface area (Å²) in [4.78, 5) is 46.3. The number of amides is 3. The van der Waals surface area contributed by atoms with Crippen LogP contribution >= 0.6 is 11.6 Å². The first-order chi connectivity index (χ1) is 16.9. The number of carbonyl (C=O) groups is 3. The lowest BCUT2D eigenvalue weighted by Crippen LogP contribution is -2.52. The van der Waals surface area contributed by atoms with E-state index in [9.17, 15) is 14.4 Å². The molecular weight excluding hydrogens is 464 g/mol. The summed E-state index contributed by atoms with van der Waals surface area (Å²) in [5.74, 6) is -0.480. The molecule has 0 bridgehead atoms. The highest BCUT2D eigenvalue weighted by molar-refractivity contribution is 6.30. The van der Waals surface area contributed by atoms with Crippen LogP contribution in [-0.4, -0.2) is 90.2 Å². The Kier molecular flexibility index (Phi) is 8.42. The van der Waals surface area contributed by atoms with Gasteiger partial charge in [0.05, 0.1) is 12.5 Å². The second kappa shape index (κ2) is 11.7. The van der Waals surface area contributed by atoms with Crippen LogP contribution in [0.2, 0.25) is 5.02 Å². The highest BCUT2D eigenvalue weighted by Gasteiger charge is 2.32. The number of nitrogens with zero attached hydrogens (tertiary/aromatic N) is 4. The van der Waals surface area contributed by atoms with Crippen LogP contribution in [-0.2, 0) is 16.1 Å². The fraction of sp³-hybridized carbons (Fsp3) is 0.444. The Morgan fingerprint density at radius 1 is 0.914 bits per heavy atom. The van der Waals surface area contributed by atoms with Gasteiger partial charge in [-0.05, 0) is 42.7 Å². The lowest BCUT2D eigenvalue weighted by molar-refractivity contribution is -0.143. The van der Waals surface area contributed by atoms with Gasteiger partial charge in [-0.1, -0.05) is 41.9 Å². The van der Waals surface area contributed by atoms with Crippen molar-refractivity contribution in [2.75, 3.05) is 52.9 Å². The van der Waals surface area contributed by atoms with Crippen molar-refractivity contribution in [2.45, 2.75) is 19.4 Å². The average molecular weight is 497 g/mol. The lowest BCUT2D eigenvalue weighted by Gasteiger charge is -2.36. The van der Waals surface area contributed by atoms with Crippen LogP contribution in [0.5, 0.6) is 0 Å². The second-order valence-electron chi connectivity index (χ2n) is 9.43. The Hall–Kier alpha value is -2.90. The third-order valence-electron chi connectivity index (χ3n) is 6.87. The maximum atomic E-state index is 13.1. The van der Waals surface area contributed by atoms with E-state index in [4.69, 9.17) is 11.6 Å². The summed E-state index contributed by atoms with van der Waals surface area (Å²) in [6.07, 6.45) is 1.49. The van der Waals surface area contributed by atoms with E-state index in [0.717, 1.165) is 32.5 Å². The molecule has 0 saturated carbocycles. The molecule has 2 aromatic rings. The minimum Gasteiger partial charge on any atom is -0.339 e. The maximum absolute atomic E-state index is 13.1. The number of carbonyl (C=O) groups excluding carboxylic acids is 3. The molecule has 1 unspecified atom stereocenters. The Balaban J connectivity index is 1.25. The van der Waals surface area contributed by atoms with Crippen molar-refractivity contribution in [3.63, 3.8) is 0 Å². The second-order valence-corrected chi connectivity index (χ2v) is 9.87. The monoisotopic (exact) mass is 496 g/mol. The Labute approximate surface area is 212 Å². The van der Waals surface area contributed by atoms with E-state index < -0.39 is 0 Å². The van der Waals surface area contributed by atoms with Gasteiger partial charge in [-0.25, -0.2) is 0 Å². The number of halogens is 1. The molecule has 2 aliphatic heterocycles. The van der Waals surface area contributed by atoms with Gasteiger partial charge in [-0.2, -0.15) is 0 Å². The van der Waals surface area contributed by atoms with E-state index in [0.29, 0.717) is 36.8 Å². The van der Waals surface area contributed by atoms with Gasteiger partial charge in [-0.3, -0.25) is 19.3 Å². The van der Waals surface area contributed by atoms with Gasteiger partial charge in [0.1, 0.15) is 0 Å². The molecule has 0 N–H and O–H groups in total. The Bertz CT molecular complexity index is 1020. The quantitative estimate of drug-likeness (QED) is 0.616. The van der Waals surface area contributed by atoms with Crippen LogP contribution < -0.4 is 0 Å². The van der Waals surface area contributed by atoms with E-state index >= 15 is 0 Å². The van der Waals surface area contributed by atoms with Crippen molar-refractivity contribution in [3.8, 4) is 0 Å². The zero-order valence-corrected chi connectivity index (χ0v) is 21.0. The first-order valence-corrected chi connectivity index (χ1v) is 12.6.